The summed E-state index contributed by atoms with van der Waals surface area (Å²) >= 11 is 0.0215. The predicted octanol–water partition coefficient (Wildman–Crippen LogP) is 1.84. The Hall–Kier alpha value is -2.21. The summed E-state index contributed by atoms with van der Waals surface area (Å²) in [6, 6.07) is 16.7. The van der Waals surface area contributed by atoms with Crippen molar-refractivity contribution in [3.05, 3.63) is 60.2 Å². The molecule has 3 nitrogen and oxygen atoms in total. The summed E-state index contributed by atoms with van der Waals surface area (Å²) in [5, 5.41) is 0. The van der Waals surface area contributed by atoms with Gasteiger partial charge in [-0.3, -0.25) is 0 Å². The van der Waals surface area contributed by atoms with Crippen LogP contribution < -0.4 is 9.20 Å². The van der Waals surface area contributed by atoms with E-state index >= 15 is 0 Å². The normalized spacial score (nSPS) is 9.38. The van der Waals surface area contributed by atoms with Gasteiger partial charge in [0.2, 0.25) is 0 Å². The molecular weight excluding hydrogens is 331 g/mol. The van der Waals surface area contributed by atoms with Crippen molar-refractivity contribution in [2.75, 3.05) is 13.7 Å². The Morgan fingerprint density at radius 3 is 2.71 bits per heavy atom. The molecule has 0 atom stereocenters. The Kier molecular flexibility index (Phi) is 5.90. The molecule has 0 spiro atoms. The van der Waals surface area contributed by atoms with Crippen LogP contribution in [0.1, 0.15) is 10.4 Å². The van der Waals surface area contributed by atoms with Crippen LogP contribution in [-0.2, 0) is 4.74 Å². The van der Waals surface area contributed by atoms with Crippen molar-refractivity contribution in [1.82, 2.24) is 0 Å². The first kappa shape index (κ1) is 15.2. The van der Waals surface area contributed by atoms with Crippen LogP contribution in [0.4, 0.5) is 0 Å². The number of hydrogen-bond acceptors (Lipinski definition) is 3. The summed E-state index contributed by atoms with van der Waals surface area (Å²) < 4.78 is 11.4. The van der Waals surface area contributed by atoms with Gasteiger partial charge in [0.1, 0.15) is 0 Å². The summed E-state index contributed by atoms with van der Waals surface area (Å²) in [4.78, 5) is 14.7. The van der Waals surface area contributed by atoms with Crippen LogP contribution in [0.5, 0.6) is 5.75 Å². The van der Waals surface area contributed by atoms with Crippen molar-refractivity contribution < 1.29 is 14.3 Å². The number of carbonyl (C=O) groups is 1. The number of esters is 1. The van der Waals surface area contributed by atoms with E-state index in [4.69, 9.17) is 9.47 Å². The molecule has 21 heavy (non-hydrogen) atoms. The zero-order chi connectivity index (χ0) is 14.9. The molecule has 0 radical (unpaired) electrons. The van der Waals surface area contributed by atoms with E-state index in [0.29, 0.717) is 5.56 Å². The van der Waals surface area contributed by atoms with Gasteiger partial charge in [-0.1, -0.05) is 0 Å². The van der Waals surface area contributed by atoms with E-state index in [1.54, 1.807) is 31.4 Å². The van der Waals surface area contributed by atoms with Gasteiger partial charge in [0.15, 0.2) is 0 Å². The number of rotatable bonds is 4. The van der Waals surface area contributed by atoms with E-state index in [2.05, 4.69) is 10.7 Å². The van der Waals surface area contributed by atoms with Crippen molar-refractivity contribution in [2.24, 2.45) is 0 Å². The molecule has 0 amide bonds. The molecular formula is C17H14O3Se. The van der Waals surface area contributed by atoms with Crippen LogP contribution >= 0.6 is 0 Å². The minimum atomic E-state index is -0.348. The average molecular weight is 345 g/mol. The van der Waals surface area contributed by atoms with Crippen LogP contribution in [0.3, 0.4) is 0 Å². The van der Waals surface area contributed by atoms with Gasteiger partial charge in [-0.15, -0.1) is 0 Å². The van der Waals surface area contributed by atoms with Gasteiger partial charge in [0.05, 0.1) is 0 Å². The van der Waals surface area contributed by atoms with Crippen LogP contribution in [0.15, 0.2) is 54.6 Å². The molecule has 2 aromatic rings. The molecule has 0 bridgehead atoms. The fourth-order valence-electron chi connectivity index (χ4n) is 1.55. The molecule has 0 aliphatic rings. The van der Waals surface area contributed by atoms with Crippen molar-refractivity contribution >= 4 is 25.4 Å². The second-order valence-electron chi connectivity index (χ2n) is 4.00. The zero-order valence-electron chi connectivity index (χ0n) is 11.5. The van der Waals surface area contributed by atoms with Gasteiger partial charge in [-0.25, -0.2) is 0 Å². The van der Waals surface area contributed by atoms with Gasteiger partial charge in [0, 0.05) is 0 Å². The van der Waals surface area contributed by atoms with Crippen molar-refractivity contribution in [1.29, 1.82) is 0 Å². The monoisotopic (exact) mass is 346 g/mol. The Balaban J connectivity index is 1.80. The second kappa shape index (κ2) is 8.16. The average Bonchev–Trinajstić information content (AvgIpc) is 2.55. The summed E-state index contributed by atoms with van der Waals surface area (Å²) in [6.45, 7) is 0.111. The quantitative estimate of drug-likeness (QED) is 0.482. The first-order valence-corrected chi connectivity index (χ1v) is 8.02. The predicted molar refractivity (Wildman–Crippen MR) is 82.9 cm³/mol. The molecule has 0 aliphatic carbocycles. The fourth-order valence-corrected chi connectivity index (χ4v) is 2.75. The zero-order valence-corrected chi connectivity index (χ0v) is 13.2. The van der Waals surface area contributed by atoms with Crippen LogP contribution in [-0.4, -0.2) is 34.6 Å². The van der Waals surface area contributed by atoms with Crippen LogP contribution in [0, 0.1) is 10.7 Å². The first-order valence-electron chi connectivity index (χ1n) is 6.30. The molecule has 0 aliphatic heterocycles. The Bertz CT molecular complexity index is 656. The molecule has 0 aromatic heterocycles. The summed E-state index contributed by atoms with van der Waals surface area (Å²) in [5.41, 5.74) is 0.539. The van der Waals surface area contributed by atoms with Gasteiger partial charge < -0.3 is 0 Å². The third-order valence-corrected chi connectivity index (χ3v) is 4.11. The van der Waals surface area contributed by atoms with E-state index in [-0.39, 0.29) is 27.5 Å². The molecule has 0 unspecified atom stereocenters. The molecule has 0 fully saturated rings. The Morgan fingerprint density at radius 2 is 1.95 bits per heavy atom. The molecule has 4 heteroatoms. The summed E-state index contributed by atoms with van der Waals surface area (Å²) in [6.07, 6.45) is 0. The van der Waals surface area contributed by atoms with E-state index in [0.717, 1.165) is 10.2 Å². The molecule has 0 heterocycles. The first-order chi connectivity index (χ1) is 10.3. The number of hydrogen-bond donors (Lipinski definition) is 0. The minimum absolute atomic E-state index is 0.0215. The van der Waals surface area contributed by atoms with Gasteiger partial charge >= 0.3 is 130 Å². The van der Waals surface area contributed by atoms with E-state index in [1.165, 1.54) is 0 Å². The van der Waals surface area contributed by atoms with Crippen LogP contribution in [0.25, 0.3) is 0 Å². The molecule has 0 saturated heterocycles. The number of methoxy groups -OCH3 is 1. The van der Waals surface area contributed by atoms with E-state index < -0.39 is 0 Å². The topological polar surface area (TPSA) is 35.5 Å². The molecule has 106 valence electrons. The number of carbonyl (C=O) groups excluding carboxylic acids is 1. The van der Waals surface area contributed by atoms with E-state index in [1.807, 2.05) is 30.3 Å². The van der Waals surface area contributed by atoms with Crippen molar-refractivity contribution in [3.63, 3.8) is 0 Å². The molecule has 2 rings (SSSR count). The molecule has 2 aromatic carbocycles. The standard InChI is InChI=1S/C17H14O3Se/c1-19-15-9-5-10-16(13-15)21-12-6-11-20-17(18)14-7-3-2-4-8-14/h2-5,7-10,13H,11H2,1H3. The maximum atomic E-state index is 11.7. The second-order valence-corrected chi connectivity index (χ2v) is 5.85. The molecule has 0 N–H and O–H groups in total. The SMILES string of the molecule is COc1cccc([Se]C#CCOC(=O)c2ccccc2)c1. The van der Waals surface area contributed by atoms with Crippen molar-refractivity contribution in [3.8, 4) is 16.5 Å². The van der Waals surface area contributed by atoms with Crippen LogP contribution in [0.2, 0.25) is 0 Å². The van der Waals surface area contributed by atoms with Gasteiger partial charge in [-0.05, 0) is 0 Å². The van der Waals surface area contributed by atoms with Gasteiger partial charge in [-0.2, -0.15) is 0 Å². The third-order valence-electron chi connectivity index (χ3n) is 2.57. The summed E-state index contributed by atoms with van der Waals surface area (Å²) in [7, 11) is 1.64. The van der Waals surface area contributed by atoms with Crippen molar-refractivity contribution in [2.45, 2.75) is 0 Å². The molecule has 0 saturated carbocycles. The van der Waals surface area contributed by atoms with E-state index in [9.17, 15) is 4.79 Å². The Labute approximate surface area is 130 Å². The Morgan fingerprint density at radius 1 is 1.14 bits per heavy atom. The maximum absolute atomic E-state index is 11.7. The van der Waals surface area contributed by atoms with Gasteiger partial charge in [0.25, 0.3) is 0 Å². The number of ether oxygens (including phenoxy) is 2. The summed E-state index contributed by atoms with van der Waals surface area (Å²) in [5.74, 6) is 3.34. The fraction of sp³-hybridized carbons (Fsp3) is 0.118. The third kappa shape index (κ3) is 5.00. The number of benzene rings is 2.